The van der Waals surface area contributed by atoms with E-state index in [1.54, 1.807) is 12.1 Å². The Balaban J connectivity index is 0.955. The summed E-state index contributed by atoms with van der Waals surface area (Å²) >= 11 is 3.52. The lowest BCUT2D eigenvalue weighted by molar-refractivity contribution is -0.207. The number of imide groups is 1. The van der Waals surface area contributed by atoms with Gasteiger partial charge < -0.3 is 20.6 Å². The molecule has 2 aromatic carbocycles. The van der Waals surface area contributed by atoms with E-state index in [1.165, 1.54) is 4.90 Å². The second-order valence-electron chi connectivity index (χ2n) is 16.0. The molecule has 5 aliphatic rings. The van der Waals surface area contributed by atoms with Gasteiger partial charge in [0.25, 0.3) is 11.8 Å². The summed E-state index contributed by atoms with van der Waals surface area (Å²) in [7, 11) is 0. The van der Waals surface area contributed by atoms with Crippen LogP contribution in [0.15, 0.2) is 34.8 Å². The van der Waals surface area contributed by atoms with E-state index < -0.39 is 12.2 Å². The molecule has 7 rings (SSSR count). The van der Waals surface area contributed by atoms with Gasteiger partial charge in [0, 0.05) is 40.5 Å². The summed E-state index contributed by atoms with van der Waals surface area (Å²) in [4.78, 5) is 40.8. The summed E-state index contributed by atoms with van der Waals surface area (Å²) in [6.45, 7) is 7.08. The normalized spacial score (nSPS) is 38.5. The maximum Gasteiger partial charge on any atom is 0.261 e. The number of benzene rings is 2. The average molecular weight is 710 g/mol. The van der Waals surface area contributed by atoms with Crippen molar-refractivity contribution in [3.8, 4) is 0 Å². The lowest BCUT2D eigenvalue weighted by atomic mass is 9.43. The zero-order chi connectivity index (χ0) is 33.4. The number of amides is 3. The van der Waals surface area contributed by atoms with E-state index >= 15 is 0 Å². The predicted octanol–water partition coefficient (Wildman–Crippen LogP) is 5.69. The van der Waals surface area contributed by atoms with Crippen molar-refractivity contribution >= 4 is 44.4 Å². The number of carbonyl (C=O) groups is 3. The number of nitrogens with zero attached hydrogens (tertiary/aromatic N) is 1. The second-order valence-corrected chi connectivity index (χ2v) is 16.8. The van der Waals surface area contributed by atoms with E-state index in [0.29, 0.717) is 41.7 Å². The molecular weight excluding hydrogens is 660 g/mol. The maximum atomic E-state index is 13.3. The number of hydrogen-bond donors (Lipinski definition) is 4. The van der Waals surface area contributed by atoms with Crippen molar-refractivity contribution in [2.24, 2.45) is 46.3 Å². The van der Waals surface area contributed by atoms with Crippen LogP contribution in [0.1, 0.15) is 99.3 Å². The molecule has 8 nitrogen and oxygen atoms in total. The van der Waals surface area contributed by atoms with Gasteiger partial charge in [-0.3, -0.25) is 19.3 Å². The Morgan fingerprint density at radius 1 is 1.00 bits per heavy atom. The van der Waals surface area contributed by atoms with E-state index in [1.807, 2.05) is 18.2 Å². The Kier molecular flexibility index (Phi) is 8.63. The number of carbonyl (C=O) groups excluding carboxylic acids is 3. The summed E-state index contributed by atoms with van der Waals surface area (Å²) in [5, 5.41) is 38.2. The highest BCUT2D eigenvalue weighted by atomic mass is 79.9. The van der Waals surface area contributed by atoms with E-state index in [0.717, 1.165) is 48.4 Å². The van der Waals surface area contributed by atoms with Crippen LogP contribution >= 0.6 is 15.9 Å². The van der Waals surface area contributed by atoms with Gasteiger partial charge >= 0.3 is 0 Å². The molecule has 4 saturated carbocycles. The van der Waals surface area contributed by atoms with Crippen LogP contribution in [0.3, 0.4) is 0 Å². The molecule has 4 fully saturated rings. The zero-order valence-corrected chi connectivity index (χ0v) is 29.3. The first-order valence-electron chi connectivity index (χ1n) is 17.7. The van der Waals surface area contributed by atoms with Crippen LogP contribution in [0, 0.1) is 46.3 Å². The summed E-state index contributed by atoms with van der Waals surface area (Å²) in [6.07, 6.45) is 5.82. The van der Waals surface area contributed by atoms with Gasteiger partial charge in [-0.2, -0.15) is 0 Å². The SMILES string of the molecule is CC(CCC(=O)NCCN1C(=O)c2cccc3c(Br)ccc(c23)C1=O)C1CCC2C3C(O)CC4CC(O)CCC4(C)C3CC(O)C12C. The lowest BCUT2D eigenvalue weighted by Gasteiger charge is -2.63. The predicted molar refractivity (Wildman–Crippen MR) is 182 cm³/mol. The lowest BCUT2D eigenvalue weighted by Crippen LogP contribution is -2.62. The molecule has 0 aromatic heterocycles. The van der Waals surface area contributed by atoms with E-state index in [9.17, 15) is 29.7 Å². The maximum absolute atomic E-state index is 13.3. The average Bonchev–Trinajstić information content (AvgIpc) is 3.40. The molecule has 1 heterocycles. The Labute approximate surface area is 285 Å². The van der Waals surface area contributed by atoms with Crippen molar-refractivity contribution in [1.29, 1.82) is 0 Å². The first-order valence-corrected chi connectivity index (χ1v) is 18.5. The van der Waals surface area contributed by atoms with Crippen molar-refractivity contribution in [2.45, 2.75) is 96.9 Å². The van der Waals surface area contributed by atoms with Crippen molar-refractivity contribution in [2.75, 3.05) is 13.1 Å². The number of fused-ring (bicyclic) bond motifs is 5. The molecular formula is C38H49BrN2O6. The molecule has 0 bridgehead atoms. The Morgan fingerprint density at radius 2 is 1.74 bits per heavy atom. The van der Waals surface area contributed by atoms with Crippen LogP contribution < -0.4 is 5.32 Å². The van der Waals surface area contributed by atoms with Gasteiger partial charge in [0.2, 0.25) is 5.91 Å². The van der Waals surface area contributed by atoms with Crippen molar-refractivity contribution < 1.29 is 29.7 Å². The minimum absolute atomic E-state index is 0.0462. The molecule has 1 aliphatic heterocycles. The van der Waals surface area contributed by atoms with Crippen molar-refractivity contribution in [3.63, 3.8) is 0 Å². The highest BCUT2D eigenvalue weighted by molar-refractivity contribution is 9.10. The van der Waals surface area contributed by atoms with E-state index in [-0.39, 0.29) is 77.3 Å². The molecule has 11 unspecified atom stereocenters. The summed E-state index contributed by atoms with van der Waals surface area (Å²) in [6, 6.07) is 9.00. The monoisotopic (exact) mass is 708 g/mol. The molecule has 4 aliphatic carbocycles. The molecule has 47 heavy (non-hydrogen) atoms. The molecule has 0 saturated heterocycles. The number of hydrogen-bond acceptors (Lipinski definition) is 6. The van der Waals surface area contributed by atoms with Crippen LogP contribution in [-0.2, 0) is 4.79 Å². The molecule has 9 heteroatoms. The summed E-state index contributed by atoms with van der Waals surface area (Å²) in [5.41, 5.74) is 0.722. The van der Waals surface area contributed by atoms with Gasteiger partial charge in [0.05, 0.1) is 18.3 Å². The molecule has 4 N–H and O–H groups in total. The van der Waals surface area contributed by atoms with Gasteiger partial charge in [0.1, 0.15) is 0 Å². The molecule has 2 aromatic rings. The molecule has 3 amide bonds. The fourth-order valence-corrected chi connectivity index (χ4v) is 11.9. The van der Waals surface area contributed by atoms with Crippen LogP contribution in [0.25, 0.3) is 10.8 Å². The first kappa shape index (κ1) is 33.2. The van der Waals surface area contributed by atoms with E-state index in [2.05, 4.69) is 42.0 Å². The summed E-state index contributed by atoms with van der Waals surface area (Å²) < 4.78 is 0.831. The van der Waals surface area contributed by atoms with Crippen LogP contribution in [0.2, 0.25) is 0 Å². The minimum atomic E-state index is -0.455. The molecule has 0 radical (unpaired) electrons. The number of halogens is 1. The van der Waals surface area contributed by atoms with Gasteiger partial charge in [-0.1, -0.05) is 48.8 Å². The van der Waals surface area contributed by atoms with E-state index in [4.69, 9.17) is 0 Å². The fraction of sp³-hybridized carbons (Fsp3) is 0.658. The second kappa shape index (κ2) is 12.2. The van der Waals surface area contributed by atoms with Crippen molar-refractivity contribution in [3.05, 3.63) is 45.9 Å². The Morgan fingerprint density at radius 3 is 2.51 bits per heavy atom. The zero-order valence-electron chi connectivity index (χ0n) is 27.8. The van der Waals surface area contributed by atoms with Crippen LogP contribution in [0.4, 0.5) is 0 Å². The first-order chi connectivity index (χ1) is 22.4. The molecule has 11 atom stereocenters. The minimum Gasteiger partial charge on any atom is -0.393 e. The number of rotatable bonds is 7. The molecule has 254 valence electrons. The van der Waals surface area contributed by atoms with Crippen LogP contribution in [0.5, 0.6) is 0 Å². The fourth-order valence-electron chi connectivity index (χ4n) is 11.4. The largest absolute Gasteiger partial charge is 0.393 e. The quantitative estimate of drug-likeness (QED) is 0.274. The third-order valence-electron chi connectivity index (χ3n) is 13.9. The highest BCUT2D eigenvalue weighted by Crippen LogP contribution is 2.68. The number of aliphatic hydroxyl groups excluding tert-OH is 3. The Hall–Kier alpha value is -2.33. The number of aliphatic hydroxyl groups is 3. The van der Waals surface area contributed by atoms with Gasteiger partial charge in [-0.15, -0.1) is 0 Å². The number of nitrogens with one attached hydrogen (secondary N) is 1. The molecule has 0 spiro atoms. The smallest absolute Gasteiger partial charge is 0.261 e. The Bertz CT molecular complexity index is 1580. The highest BCUT2D eigenvalue weighted by Gasteiger charge is 2.65. The van der Waals surface area contributed by atoms with Gasteiger partial charge in [-0.25, -0.2) is 0 Å². The topological polar surface area (TPSA) is 127 Å². The summed E-state index contributed by atoms with van der Waals surface area (Å²) in [5.74, 6) is 0.650. The van der Waals surface area contributed by atoms with Crippen molar-refractivity contribution in [1.82, 2.24) is 10.2 Å². The van der Waals surface area contributed by atoms with Gasteiger partial charge in [0.15, 0.2) is 0 Å². The van der Waals surface area contributed by atoms with Gasteiger partial charge in [-0.05, 0) is 121 Å². The standard InChI is InChI=1S/C38H49BrN2O6/c1-20(7-12-32(45)40-15-16-41-35(46)24-6-4-5-23-29(39)11-8-25(33(23)24)36(41)47)26-9-10-27-34-28(19-31(44)38(26,27)3)37(2)14-13-22(42)17-21(37)18-30(34)43/h4-6,8,11,20-22,26-28,30-31,34,42-44H,7,9-10,12-19H2,1-3H3,(H,40,45). The third-order valence-corrected chi connectivity index (χ3v) is 14.6. The van der Waals surface area contributed by atoms with Crippen LogP contribution in [-0.4, -0.2) is 69.3 Å². The third kappa shape index (κ3) is 5.21.